The number of aromatic nitrogens is 2. The summed E-state index contributed by atoms with van der Waals surface area (Å²) in [6.07, 6.45) is 1.47. The second-order valence-corrected chi connectivity index (χ2v) is 8.52. The van der Waals surface area contributed by atoms with Gasteiger partial charge in [0.2, 0.25) is 10.0 Å². The highest BCUT2D eigenvalue weighted by atomic mass is 35.5. The van der Waals surface area contributed by atoms with E-state index in [0.717, 1.165) is 5.56 Å². The first-order chi connectivity index (χ1) is 12.4. The lowest BCUT2D eigenvalue weighted by Gasteiger charge is -2.14. The molecule has 2 aliphatic rings. The molecule has 1 fully saturated rings. The SMILES string of the molecule is Cc1noc([C@@H]2CC[C@H](CNS(=O)(=O)c3cc(Cl)cc4c3OCC4)O2)n1. The van der Waals surface area contributed by atoms with E-state index in [0.29, 0.717) is 48.4 Å². The molecule has 0 saturated carbocycles. The molecular weight excluding hydrogens is 382 g/mol. The monoisotopic (exact) mass is 399 g/mol. The lowest BCUT2D eigenvalue weighted by Crippen LogP contribution is -2.32. The number of nitrogens with zero attached hydrogens (tertiary/aromatic N) is 2. The second kappa shape index (κ2) is 6.80. The number of halogens is 1. The van der Waals surface area contributed by atoms with E-state index in [1.54, 1.807) is 13.0 Å². The van der Waals surface area contributed by atoms with Crippen LogP contribution < -0.4 is 9.46 Å². The molecule has 8 nitrogen and oxygen atoms in total. The highest BCUT2D eigenvalue weighted by Gasteiger charge is 2.32. The molecule has 4 rings (SSSR count). The molecule has 3 heterocycles. The zero-order chi connectivity index (χ0) is 18.3. The average molecular weight is 400 g/mol. The minimum absolute atomic E-state index is 0.0690. The molecule has 2 atom stereocenters. The van der Waals surface area contributed by atoms with Gasteiger partial charge in [-0.2, -0.15) is 4.98 Å². The first kappa shape index (κ1) is 17.7. The van der Waals surface area contributed by atoms with Crippen LogP contribution in [0.25, 0.3) is 0 Å². The topological polar surface area (TPSA) is 104 Å². The van der Waals surface area contributed by atoms with Gasteiger partial charge < -0.3 is 14.0 Å². The second-order valence-electron chi connectivity index (χ2n) is 6.35. The summed E-state index contributed by atoms with van der Waals surface area (Å²) in [6, 6.07) is 3.15. The Balaban J connectivity index is 1.44. The van der Waals surface area contributed by atoms with Crippen molar-refractivity contribution in [2.75, 3.05) is 13.2 Å². The van der Waals surface area contributed by atoms with Gasteiger partial charge in [0.1, 0.15) is 16.7 Å². The molecular formula is C16H18ClN3O5S. The van der Waals surface area contributed by atoms with Gasteiger partial charge >= 0.3 is 0 Å². The number of ether oxygens (including phenoxy) is 2. The third-order valence-electron chi connectivity index (χ3n) is 4.43. The summed E-state index contributed by atoms with van der Waals surface area (Å²) in [5.74, 6) is 1.35. The van der Waals surface area contributed by atoms with Crippen LogP contribution in [0.5, 0.6) is 5.75 Å². The van der Waals surface area contributed by atoms with Crippen molar-refractivity contribution in [2.45, 2.75) is 43.3 Å². The van der Waals surface area contributed by atoms with Crippen LogP contribution in [-0.4, -0.2) is 37.8 Å². The zero-order valence-corrected chi connectivity index (χ0v) is 15.6. The first-order valence-electron chi connectivity index (χ1n) is 8.33. The van der Waals surface area contributed by atoms with E-state index in [1.165, 1.54) is 6.07 Å². The molecule has 0 unspecified atom stereocenters. The highest BCUT2D eigenvalue weighted by molar-refractivity contribution is 7.89. The van der Waals surface area contributed by atoms with Gasteiger partial charge in [0.05, 0.1) is 12.7 Å². The summed E-state index contributed by atoms with van der Waals surface area (Å²) >= 11 is 6.06. The van der Waals surface area contributed by atoms with Crippen LogP contribution in [0, 0.1) is 6.92 Å². The van der Waals surface area contributed by atoms with Gasteiger partial charge in [0.25, 0.3) is 5.89 Å². The standard InChI is InChI=1S/C16H18ClN3O5S/c1-9-19-16(25-20-9)13-3-2-12(24-13)8-18-26(21,22)14-7-11(17)6-10-4-5-23-15(10)14/h6-7,12-13,18H,2-5,8H2,1H3/t12-,13+/m1/s1. The molecule has 1 aromatic carbocycles. The average Bonchev–Trinajstić information content (AvgIpc) is 3.31. The molecule has 0 spiro atoms. The van der Waals surface area contributed by atoms with Crippen LogP contribution in [0.4, 0.5) is 0 Å². The summed E-state index contributed by atoms with van der Waals surface area (Å²) in [5.41, 5.74) is 0.807. The fourth-order valence-corrected chi connectivity index (χ4v) is 4.78. The Labute approximate surface area is 155 Å². The predicted molar refractivity (Wildman–Crippen MR) is 91.7 cm³/mol. The van der Waals surface area contributed by atoms with Crippen LogP contribution >= 0.6 is 11.6 Å². The molecule has 140 valence electrons. The van der Waals surface area contributed by atoms with Gasteiger partial charge in [0, 0.05) is 23.6 Å². The van der Waals surface area contributed by atoms with E-state index in [9.17, 15) is 8.42 Å². The number of aryl methyl sites for hydroxylation is 1. The largest absolute Gasteiger partial charge is 0.492 e. The van der Waals surface area contributed by atoms with Gasteiger partial charge in [-0.1, -0.05) is 16.8 Å². The van der Waals surface area contributed by atoms with Gasteiger partial charge in [-0.05, 0) is 31.9 Å². The minimum atomic E-state index is -3.76. The van der Waals surface area contributed by atoms with Crippen LogP contribution in [0.3, 0.4) is 0 Å². The Kier molecular flexibility index (Phi) is 4.64. The Morgan fingerprint density at radius 2 is 2.19 bits per heavy atom. The minimum Gasteiger partial charge on any atom is -0.492 e. The number of benzene rings is 1. The molecule has 26 heavy (non-hydrogen) atoms. The van der Waals surface area contributed by atoms with Crippen LogP contribution in [-0.2, 0) is 21.2 Å². The molecule has 0 aliphatic carbocycles. The van der Waals surface area contributed by atoms with Gasteiger partial charge in [0.15, 0.2) is 5.82 Å². The summed E-state index contributed by atoms with van der Waals surface area (Å²) in [7, 11) is -3.76. The lowest BCUT2D eigenvalue weighted by molar-refractivity contribution is 0.0290. The van der Waals surface area contributed by atoms with Crippen LogP contribution in [0.2, 0.25) is 5.02 Å². The van der Waals surface area contributed by atoms with Crippen molar-refractivity contribution in [3.05, 3.63) is 34.4 Å². The summed E-state index contributed by atoms with van der Waals surface area (Å²) < 4.78 is 44.4. The fraction of sp³-hybridized carbons (Fsp3) is 0.500. The highest BCUT2D eigenvalue weighted by Crippen LogP contribution is 2.36. The van der Waals surface area contributed by atoms with E-state index in [4.69, 9.17) is 25.6 Å². The molecule has 0 radical (unpaired) electrons. The fourth-order valence-electron chi connectivity index (χ4n) is 3.20. The molecule has 1 saturated heterocycles. The van der Waals surface area contributed by atoms with Crippen molar-refractivity contribution in [2.24, 2.45) is 0 Å². The quantitative estimate of drug-likeness (QED) is 0.821. The molecule has 10 heteroatoms. The molecule has 0 bridgehead atoms. The number of nitrogens with one attached hydrogen (secondary N) is 1. The van der Waals surface area contributed by atoms with E-state index < -0.39 is 10.0 Å². The summed E-state index contributed by atoms with van der Waals surface area (Å²) in [6.45, 7) is 2.33. The Hall–Kier alpha value is -1.68. The van der Waals surface area contributed by atoms with Crippen molar-refractivity contribution in [1.29, 1.82) is 0 Å². The molecule has 1 N–H and O–H groups in total. The number of rotatable bonds is 5. The number of hydrogen-bond donors (Lipinski definition) is 1. The third kappa shape index (κ3) is 3.44. The molecule has 2 aromatic rings. The molecule has 1 aromatic heterocycles. The number of sulfonamides is 1. The Bertz CT molecular complexity index is 930. The van der Waals surface area contributed by atoms with Crippen molar-refractivity contribution in [3.63, 3.8) is 0 Å². The first-order valence-corrected chi connectivity index (χ1v) is 10.2. The zero-order valence-electron chi connectivity index (χ0n) is 14.1. The smallest absolute Gasteiger partial charge is 0.255 e. The Morgan fingerprint density at radius 3 is 2.96 bits per heavy atom. The van der Waals surface area contributed by atoms with Crippen molar-refractivity contribution in [3.8, 4) is 5.75 Å². The van der Waals surface area contributed by atoms with E-state index in [-0.39, 0.29) is 23.6 Å². The predicted octanol–water partition coefficient (Wildman–Crippen LogP) is 2.16. The van der Waals surface area contributed by atoms with Crippen molar-refractivity contribution < 1.29 is 22.4 Å². The Morgan fingerprint density at radius 1 is 1.35 bits per heavy atom. The molecule has 2 aliphatic heterocycles. The van der Waals surface area contributed by atoms with Gasteiger partial charge in [-0.25, -0.2) is 13.1 Å². The van der Waals surface area contributed by atoms with Gasteiger partial charge in [-0.15, -0.1) is 0 Å². The molecule has 0 amide bonds. The lowest BCUT2D eigenvalue weighted by atomic mass is 10.2. The van der Waals surface area contributed by atoms with Crippen molar-refractivity contribution in [1.82, 2.24) is 14.9 Å². The maximum Gasteiger partial charge on any atom is 0.255 e. The van der Waals surface area contributed by atoms with E-state index in [2.05, 4.69) is 14.9 Å². The summed E-state index contributed by atoms with van der Waals surface area (Å²) in [4.78, 5) is 4.23. The maximum atomic E-state index is 12.7. The normalized spacial score (nSPS) is 22.4. The van der Waals surface area contributed by atoms with E-state index >= 15 is 0 Å². The van der Waals surface area contributed by atoms with Crippen molar-refractivity contribution >= 4 is 21.6 Å². The van der Waals surface area contributed by atoms with E-state index in [1.807, 2.05) is 0 Å². The number of fused-ring (bicyclic) bond motifs is 1. The van der Waals surface area contributed by atoms with Crippen LogP contribution in [0.15, 0.2) is 21.6 Å². The summed E-state index contributed by atoms with van der Waals surface area (Å²) in [5, 5.41) is 4.12. The number of hydrogen-bond acceptors (Lipinski definition) is 7. The van der Waals surface area contributed by atoms with Gasteiger partial charge in [-0.3, -0.25) is 0 Å². The van der Waals surface area contributed by atoms with Crippen LogP contribution in [0.1, 0.15) is 36.2 Å². The maximum absolute atomic E-state index is 12.7. The third-order valence-corrected chi connectivity index (χ3v) is 6.08.